The number of hydrogen-bond donors (Lipinski definition) is 0. The van der Waals surface area contributed by atoms with Crippen molar-refractivity contribution < 1.29 is 9.47 Å². The van der Waals surface area contributed by atoms with Gasteiger partial charge in [0.15, 0.2) is 11.5 Å². The molecule has 0 amide bonds. The highest BCUT2D eigenvalue weighted by molar-refractivity contribution is 7.18. The Kier molecular flexibility index (Phi) is 5.68. The molecule has 0 aliphatic rings. The lowest BCUT2D eigenvalue weighted by atomic mass is 10.2. The molecule has 0 atom stereocenters. The van der Waals surface area contributed by atoms with Crippen LogP contribution < -0.4 is 15.0 Å². The molecule has 26 heavy (non-hydrogen) atoms. The van der Waals surface area contributed by atoms with Crippen LogP contribution in [0.25, 0.3) is 10.2 Å². The van der Waals surface area contributed by atoms with Crippen LogP contribution in [0.4, 0.5) is 0 Å². The van der Waals surface area contributed by atoms with Crippen LogP contribution in [0.3, 0.4) is 0 Å². The predicted octanol–water partition coefficient (Wildman–Crippen LogP) is 3.70. The molecule has 3 aromatic rings. The van der Waals surface area contributed by atoms with Gasteiger partial charge >= 0.3 is 0 Å². The molecule has 1 aromatic carbocycles. The topological polar surface area (TPSA) is 65.7 Å². The number of methoxy groups -OCH3 is 1. The Labute approximate surface area is 155 Å². The van der Waals surface area contributed by atoms with Gasteiger partial charge in [-0.25, -0.2) is 4.98 Å². The zero-order valence-corrected chi connectivity index (χ0v) is 15.9. The van der Waals surface area contributed by atoms with E-state index >= 15 is 0 Å². The second-order valence-electron chi connectivity index (χ2n) is 5.68. The summed E-state index contributed by atoms with van der Waals surface area (Å²) in [7, 11) is 1.60. The van der Waals surface area contributed by atoms with Gasteiger partial charge in [0.25, 0.3) is 5.56 Å². The van der Waals surface area contributed by atoms with Crippen LogP contribution in [0.5, 0.6) is 11.5 Å². The van der Waals surface area contributed by atoms with Gasteiger partial charge in [-0.15, -0.1) is 11.3 Å². The average Bonchev–Trinajstić information content (AvgIpc) is 3.10. The molecule has 0 aliphatic heterocycles. The van der Waals surface area contributed by atoms with Crippen molar-refractivity contribution in [2.45, 2.75) is 26.7 Å². The second-order valence-corrected chi connectivity index (χ2v) is 6.80. The fraction of sp³-hybridized carbons (Fsp3) is 0.316. The predicted molar refractivity (Wildman–Crippen MR) is 105 cm³/mol. The van der Waals surface area contributed by atoms with Gasteiger partial charge in [0, 0.05) is 4.88 Å². The molecule has 3 rings (SSSR count). The molecule has 0 unspecified atom stereocenters. The third-order valence-electron chi connectivity index (χ3n) is 3.82. The van der Waals surface area contributed by atoms with Gasteiger partial charge in [0.2, 0.25) is 0 Å². The lowest BCUT2D eigenvalue weighted by molar-refractivity contribution is 0.294. The van der Waals surface area contributed by atoms with E-state index in [1.807, 2.05) is 31.2 Å². The zero-order valence-electron chi connectivity index (χ0n) is 15.1. The van der Waals surface area contributed by atoms with Gasteiger partial charge in [0.1, 0.15) is 11.2 Å². The molecule has 0 fully saturated rings. The van der Waals surface area contributed by atoms with E-state index in [1.165, 1.54) is 11.0 Å². The fourth-order valence-corrected chi connectivity index (χ4v) is 3.37. The number of nitrogens with zero attached hydrogens (tertiary/aromatic N) is 3. The van der Waals surface area contributed by atoms with Crippen LogP contribution >= 0.6 is 11.3 Å². The molecular weight excluding hydrogens is 350 g/mol. The minimum atomic E-state index is -0.169. The first-order valence-corrected chi connectivity index (χ1v) is 9.33. The zero-order chi connectivity index (χ0) is 18.5. The molecule has 0 aliphatic carbocycles. The first kappa shape index (κ1) is 18.1. The van der Waals surface area contributed by atoms with E-state index in [1.54, 1.807) is 24.7 Å². The molecule has 2 heterocycles. The molecule has 7 heteroatoms. The van der Waals surface area contributed by atoms with Gasteiger partial charge in [-0.05, 0) is 42.7 Å². The summed E-state index contributed by atoms with van der Waals surface area (Å²) in [6.07, 6.45) is 4.87. The molecule has 0 bridgehead atoms. The molecule has 2 aromatic heterocycles. The number of fused-ring (bicyclic) bond motifs is 1. The van der Waals surface area contributed by atoms with Crippen molar-refractivity contribution in [2.75, 3.05) is 13.7 Å². The number of benzene rings is 1. The number of aromatic nitrogens is 2. The SMILES string of the molecule is CCCOc1ccc(/C=N\n2cnc3sc(CC)cc3c2=O)cc1OC. The Morgan fingerprint density at radius 3 is 2.85 bits per heavy atom. The number of thiophene rings is 1. The minimum absolute atomic E-state index is 0.169. The summed E-state index contributed by atoms with van der Waals surface area (Å²) in [4.78, 5) is 18.8. The molecule has 0 saturated carbocycles. The van der Waals surface area contributed by atoms with E-state index < -0.39 is 0 Å². The number of hydrogen-bond acceptors (Lipinski definition) is 6. The van der Waals surface area contributed by atoms with Gasteiger partial charge < -0.3 is 9.47 Å². The largest absolute Gasteiger partial charge is 0.493 e. The molecule has 0 spiro atoms. The maximum Gasteiger partial charge on any atom is 0.282 e. The summed E-state index contributed by atoms with van der Waals surface area (Å²) in [5, 5.41) is 4.86. The van der Waals surface area contributed by atoms with Crippen molar-refractivity contribution in [3.8, 4) is 11.5 Å². The van der Waals surface area contributed by atoms with Crippen LogP contribution in [-0.4, -0.2) is 29.6 Å². The van der Waals surface area contributed by atoms with Gasteiger partial charge in [-0.3, -0.25) is 4.79 Å². The van der Waals surface area contributed by atoms with Crippen LogP contribution in [0, 0.1) is 0 Å². The Bertz CT molecular complexity index is 991. The number of ether oxygens (including phenoxy) is 2. The van der Waals surface area contributed by atoms with E-state index in [4.69, 9.17) is 9.47 Å². The molecule has 0 saturated heterocycles. The number of rotatable bonds is 7. The van der Waals surface area contributed by atoms with E-state index in [2.05, 4.69) is 17.0 Å². The van der Waals surface area contributed by atoms with Crippen LogP contribution in [0.1, 0.15) is 30.7 Å². The highest BCUT2D eigenvalue weighted by Crippen LogP contribution is 2.27. The van der Waals surface area contributed by atoms with Crippen molar-refractivity contribution in [1.29, 1.82) is 0 Å². The van der Waals surface area contributed by atoms with E-state index in [0.29, 0.717) is 23.5 Å². The molecular formula is C19H21N3O3S. The smallest absolute Gasteiger partial charge is 0.282 e. The van der Waals surface area contributed by atoms with Gasteiger partial charge in [0.05, 0.1) is 25.3 Å². The Hall–Kier alpha value is -2.67. The minimum Gasteiger partial charge on any atom is -0.493 e. The van der Waals surface area contributed by atoms with E-state index in [0.717, 1.165) is 28.1 Å². The number of aryl methyl sites for hydroxylation is 1. The second kappa shape index (κ2) is 8.14. The van der Waals surface area contributed by atoms with Crippen LogP contribution in [-0.2, 0) is 6.42 Å². The molecule has 0 radical (unpaired) electrons. The normalized spacial score (nSPS) is 11.3. The molecule has 136 valence electrons. The van der Waals surface area contributed by atoms with Crippen molar-refractivity contribution in [3.63, 3.8) is 0 Å². The van der Waals surface area contributed by atoms with Gasteiger partial charge in [-0.2, -0.15) is 9.78 Å². The Balaban J connectivity index is 1.88. The lowest BCUT2D eigenvalue weighted by Crippen LogP contribution is -2.16. The summed E-state index contributed by atoms with van der Waals surface area (Å²) in [6, 6.07) is 7.43. The van der Waals surface area contributed by atoms with Crippen LogP contribution in [0.15, 0.2) is 40.5 Å². The molecule has 0 N–H and O–H groups in total. The van der Waals surface area contributed by atoms with Crippen molar-refractivity contribution >= 4 is 27.8 Å². The molecule has 6 nitrogen and oxygen atoms in total. The van der Waals surface area contributed by atoms with Crippen LogP contribution in [0.2, 0.25) is 0 Å². The average molecular weight is 371 g/mol. The third kappa shape index (κ3) is 3.77. The Morgan fingerprint density at radius 2 is 2.12 bits per heavy atom. The first-order chi connectivity index (χ1) is 12.7. The quantitative estimate of drug-likeness (QED) is 0.594. The third-order valence-corrected chi connectivity index (χ3v) is 5.00. The summed E-state index contributed by atoms with van der Waals surface area (Å²) < 4.78 is 12.3. The standard InChI is InChI=1S/C19H21N3O3S/c1-4-8-25-16-7-6-13(9-17(16)24-3)11-21-22-12-20-18-15(19(22)23)10-14(5-2)26-18/h6-7,9-12H,4-5,8H2,1-3H3/b21-11-. The Morgan fingerprint density at radius 1 is 1.27 bits per heavy atom. The summed E-state index contributed by atoms with van der Waals surface area (Å²) in [5.74, 6) is 1.32. The van der Waals surface area contributed by atoms with Crippen molar-refractivity contribution in [3.05, 3.63) is 51.4 Å². The summed E-state index contributed by atoms with van der Waals surface area (Å²) in [5.41, 5.74) is 0.634. The fourth-order valence-electron chi connectivity index (χ4n) is 2.44. The highest BCUT2D eigenvalue weighted by Gasteiger charge is 2.08. The van der Waals surface area contributed by atoms with E-state index in [-0.39, 0.29) is 5.56 Å². The lowest BCUT2D eigenvalue weighted by Gasteiger charge is -2.10. The monoisotopic (exact) mass is 371 g/mol. The highest BCUT2D eigenvalue weighted by atomic mass is 32.1. The van der Waals surface area contributed by atoms with Gasteiger partial charge in [-0.1, -0.05) is 13.8 Å². The van der Waals surface area contributed by atoms with Crippen molar-refractivity contribution in [2.24, 2.45) is 5.10 Å². The first-order valence-electron chi connectivity index (χ1n) is 8.51. The summed E-state index contributed by atoms with van der Waals surface area (Å²) >= 11 is 1.54. The van der Waals surface area contributed by atoms with E-state index in [9.17, 15) is 4.79 Å². The summed E-state index contributed by atoms with van der Waals surface area (Å²) in [6.45, 7) is 4.74. The maximum atomic E-state index is 12.5. The van der Waals surface area contributed by atoms with Crippen molar-refractivity contribution in [1.82, 2.24) is 9.66 Å². The maximum absolute atomic E-state index is 12.5.